The van der Waals surface area contributed by atoms with Crippen molar-refractivity contribution in [3.05, 3.63) is 47.5 Å². The Bertz CT molecular complexity index is 1920. The van der Waals surface area contributed by atoms with Crippen molar-refractivity contribution >= 4 is 11.9 Å². The van der Waals surface area contributed by atoms with Crippen molar-refractivity contribution in [1.82, 2.24) is 0 Å². The van der Waals surface area contributed by atoms with Gasteiger partial charge in [-0.2, -0.15) is 0 Å². The van der Waals surface area contributed by atoms with Crippen LogP contribution in [0.15, 0.2) is 36.4 Å². The van der Waals surface area contributed by atoms with E-state index in [1.54, 1.807) is 24.3 Å². The summed E-state index contributed by atoms with van der Waals surface area (Å²) in [6.45, 7) is 16.7. The summed E-state index contributed by atoms with van der Waals surface area (Å²) in [7, 11) is 0. The third-order valence-electron chi connectivity index (χ3n) is 23.4. The van der Waals surface area contributed by atoms with Crippen LogP contribution in [0, 0.1) is 92.7 Å². The second-order valence-electron chi connectivity index (χ2n) is 26.2. The van der Waals surface area contributed by atoms with E-state index in [1.807, 2.05) is 0 Å². The van der Waals surface area contributed by atoms with Crippen LogP contribution in [-0.2, 0) is 18.9 Å². The molecule has 0 saturated heterocycles. The van der Waals surface area contributed by atoms with Gasteiger partial charge in [0, 0.05) is 13.2 Å². The second-order valence-corrected chi connectivity index (χ2v) is 26.2. The highest BCUT2D eigenvalue weighted by Gasteiger charge is 2.68. The fourth-order valence-corrected chi connectivity index (χ4v) is 19.6. The molecule has 1 aromatic rings. The van der Waals surface area contributed by atoms with Crippen molar-refractivity contribution in [2.24, 2.45) is 92.7 Å². The number of esters is 2. The van der Waals surface area contributed by atoms with Crippen molar-refractivity contribution in [1.29, 1.82) is 0 Å². The number of benzene rings is 1. The number of aliphatic hydroxyl groups excluding tert-OH is 4. The van der Waals surface area contributed by atoms with Crippen molar-refractivity contribution in [2.75, 3.05) is 26.4 Å². The molecule has 10 nitrogen and oxygen atoms in total. The zero-order chi connectivity index (χ0) is 49.3. The first kappa shape index (κ1) is 51.2. The van der Waals surface area contributed by atoms with Gasteiger partial charge in [0.2, 0.25) is 0 Å². The Hall–Kier alpha value is -2.34. The Morgan fingerprint density at radius 2 is 0.900 bits per heavy atom. The van der Waals surface area contributed by atoms with Gasteiger partial charge >= 0.3 is 11.9 Å². The van der Waals surface area contributed by atoms with Crippen molar-refractivity contribution in [3.63, 3.8) is 0 Å². The topological polar surface area (TPSA) is 152 Å². The number of carbonyl (C=O) groups is 2. The third-order valence-corrected chi connectivity index (χ3v) is 23.4. The van der Waals surface area contributed by atoms with Crippen LogP contribution in [0.5, 0.6) is 0 Å². The van der Waals surface area contributed by atoms with Crippen LogP contribution in [0.4, 0.5) is 0 Å². The normalized spacial score (nSPS) is 50.8. The molecule has 6 heterocycles. The van der Waals surface area contributed by atoms with E-state index in [2.05, 4.69) is 53.7 Å². The fourth-order valence-electron chi connectivity index (χ4n) is 19.6. The Morgan fingerprint density at radius 3 is 1.31 bits per heavy atom. The summed E-state index contributed by atoms with van der Waals surface area (Å²) in [5, 5.41) is 48.8. The molecule has 22 atom stereocenters. The van der Waals surface area contributed by atoms with E-state index in [1.165, 1.54) is 0 Å². The van der Waals surface area contributed by atoms with E-state index in [9.17, 15) is 30.0 Å². The highest BCUT2D eigenvalue weighted by molar-refractivity contribution is 6.03. The zero-order valence-corrected chi connectivity index (χ0v) is 43.7. The first-order valence-corrected chi connectivity index (χ1v) is 28.5. The molecular formula is C60H90O10. The molecule has 0 aromatic heterocycles. The average Bonchev–Trinajstić information content (AvgIpc) is 3.89. The minimum absolute atomic E-state index is 0.0758. The van der Waals surface area contributed by atoms with Crippen LogP contribution in [0.2, 0.25) is 0 Å². The lowest BCUT2D eigenvalue weighted by molar-refractivity contribution is -0.207. The molecule has 4 N–H and O–H groups in total. The maximum Gasteiger partial charge on any atom is 0.339 e. The largest absolute Gasteiger partial charge is 0.459 e. The molecule has 8 aliphatic carbocycles. The minimum atomic E-state index is -0.513. The van der Waals surface area contributed by atoms with Gasteiger partial charge in [-0.05, 0) is 220 Å². The molecule has 15 rings (SSSR count). The predicted octanol–water partition coefficient (Wildman–Crippen LogP) is 10.4. The lowest BCUT2D eigenvalue weighted by atomic mass is 9.43. The molecule has 16 bridgehead atoms. The lowest BCUT2D eigenvalue weighted by Gasteiger charge is -2.63. The van der Waals surface area contributed by atoms with Crippen molar-refractivity contribution in [2.45, 2.75) is 194 Å². The van der Waals surface area contributed by atoms with Gasteiger partial charge in [-0.1, -0.05) is 65.8 Å². The molecule has 0 unspecified atom stereocenters. The Morgan fingerprint density at radius 1 is 0.500 bits per heavy atom. The number of carbonyl (C=O) groups excluding carboxylic acids is 2. The molecule has 10 heteroatoms. The van der Waals surface area contributed by atoms with Gasteiger partial charge in [0.15, 0.2) is 0 Å². The van der Waals surface area contributed by atoms with Crippen LogP contribution >= 0.6 is 0 Å². The molecule has 6 aliphatic heterocycles. The Balaban J connectivity index is 0.853. The number of hydrogen-bond donors (Lipinski definition) is 4. The summed E-state index contributed by atoms with van der Waals surface area (Å²) in [5.74, 6) is 2.22. The van der Waals surface area contributed by atoms with Gasteiger partial charge in [-0.15, -0.1) is 0 Å². The molecule has 70 heavy (non-hydrogen) atoms. The van der Waals surface area contributed by atoms with E-state index in [0.717, 1.165) is 64.2 Å². The van der Waals surface area contributed by atoms with Crippen LogP contribution in [0.25, 0.3) is 0 Å². The van der Waals surface area contributed by atoms with Gasteiger partial charge < -0.3 is 39.4 Å². The second kappa shape index (κ2) is 20.1. The van der Waals surface area contributed by atoms with E-state index >= 15 is 0 Å². The fraction of sp³-hybridized carbons (Fsp3) is 0.833. The summed E-state index contributed by atoms with van der Waals surface area (Å²) >= 11 is 0. The van der Waals surface area contributed by atoms with E-state index in [0.29, 0.717) is 101 Å². The highest BCUT2D eigenvalue weighted by Crippen LogP contribution is 2.70. The first-order chi connectivity index (χ1) is 33.5. The maximum absolute atomic E-state index is 14.1. The van der Waals surface area contributed by atoms with E-state index in [-0.39, 0.29) is 92.3 Å². The number of hydrogen-bond acceptors (Lipinski definition) is 10. The maximum atomic E-state index is 14.1. The van der Waals surface area contributed by atoms with Crippen LogP contribution in [-0.4, -0.2) is 95.4 Å². The summed E-state index contributed by atoms with van der Waals surface area (Å²) in [5.41, 5.74) is -0.183. The number of rotatable bonds is 0. The quantitative estimate of drug-likeness (QED) is 0.146. The standard InChI is InChI=1S/C60H90O10/c1-35-13-11-27-67-25-9-10-26-68-28-12-14-36(2)44-18-20-46-54-48(34-52(64)60(44,46)6)58(4)24-22-40(30-38(58)32-50(54)62)70-56(66)42-16-8-7-15-41(42)55(65)69-39-21-23-57(3)37(29-39)31-49(61)53-45-19-17-43(35)59(45,5)51(63)33-47(53)57/h7-10,15-16,35-40,43-54,61-64H,11-14,17-34H2,1-6H3/b10-9+/t35-,36-,37+,38+,39-,40-,43-,44-,45+,46+,47+,48+,49-,50-,51+,52+,53+,54+,57+,58+,59-,60-/m1/s1. The van der Waals surface area contributed by atoms with Crippen molar-refractivity contribution in [3.8, 4) is 0 Å². The molecular weight excluding hydrogens is 881 g/mol. The van der Waals surface area contributed by atoms with Gasteiger partial charge in [0.05, 0.1) is 48.8 Å². The molecule has 0 amide bonds. The lowest BCUT2D eigenvalue weighted by Crippen LogP contribution is -2.62. The average molecular weight is 971 g/mol. The van der Waals surface area contributed by atoms with Gasteiger partial charge in [-0.25, -0.2) is 9.59 Å². The summed E-state index contributed by atoms with van der Waals surface area (Å²) in [4.78, 5) is 28.3. The zero-order valence-electron chi connectivity index (χ0n) is 43.7. The van der Waals surface area contributed by atoms with Crippen LogP contribution in [0.3, 0.4) is 0 Å². The molecule has 1 aromatic carbocycles. The van der Waals surface area contributed by atoms with E-state index in [4.69, 9.17) is 18.9 Å². The Labute approximate surface area is 419 Å². The van der Waals surface area contributed by atoms with Gasteiger partial charge in [0.1, 0.15) is 12.2 Å². The SMILES string of the molecule is C[C@@H]1CCCOC/C=C/COCCC[C@@H](C)[C@H]2CC[C@H]3[C@@H]4[C@H](O)C[C@@H]5C[C@@H](CC[C@]5(C)[C@H]4C[C@H](O)[C@]23C)OC(=O)c2ccccc2C(=O)O[C@@H]2CC[C@@]3(C)[C@@H](C2)C[C@@H](O)[C@@H]2[C@@H]3C[C@H](O)[C@]3(C)[C@@H]1CC[C@@H]23. The first-order valence-electron chi connectivity index (χ1n) is 28.5. The summed E-state index contributed by atoms with van der Waals surface area (Å²) < 4.78 is 24.7. The number of aliphatic hydroxyl groups is 4. The summed E-state index contributed by atoms with van der Waals surface area (Å²) in [6.07, 6.45) is 17.2. The van der Waals surface area contributed by atoms with E-state index < -0.39 is 36.4 Å². The number of ether oxygens (including phenoxy) is 4. The van der Waals surface area contributed by atoms with Crippen LogP contribution in [0.1, 0.15) is 178 Å². The molecule has 8 fully saturated rings. The molecule has 14 aliphatic rings. The molecule has 0 radical (unpaired) electrons. The summed E-state index contributed by atoms with van der Waals surface area (Å²) in [6, 6.07) is 6.88. The Kier molecular flexibility index (Phi) is 14.7. The molecule has 390 valence electrons. The monoisotopic (exact) mass is 971 g/mol. The molecule has 8 saturated carbocycles. The van der Waals surface area contributed by atoms with Gasteiger partial charge in [-0.3, -0.25) is 0 Å². The highest BCUT2D eigenvalue weighted by atomic mass is 16.6. The minimum Gasteiger partial charge on any atom is -0.459 e. The smallest absolute Gasteiger partial charge is 0.339 e. The van der Waals surface area contributed by atoms with Gasteiger partial charge in [0.25, 0.3) is 0 Å². The molecule has 0 spiro atoms. The third kappa shape index (κ3) is 8.70. The van der Waals surface area contributed by atoms with Crippen LogP contribution < -0.4 is 0 Å². The predicted molar refractivity (Wildman–Crippen MR) is 268 cm³/mol. The van der Waals surface area contributed by atoms with Crippen molar-refractivity contribution < 1.29 is 49.0 Å².